The van der Waals surface area contributed by atoms with Gasteiger partial charge in [0.1, 0.15) is 6.61 Å². The van der Waals surface area contributed by atoms with Gasteiger partial charge in [0.05, 0.1) is 13.7 Å². The highest BCUT2D eigenvalue weighted by Gasteiger charge is 2.20. The van der Waals surface area contributed by atoms with Gasteiger partial charge in [-0.25, -0.2) is 0 Å². The number of nitrogens with zero attached hydrogens (tertiary/aromatic N) is 3. The average molecular weight is 346 g/mol. The van der Waals surface area contributed by atoms with Crippen LogP contribution in [0.4, 0.5) is 0 Å². The molecule has 1 atom stereocenters. The van der Waals surface area contributed by atoms with Crippen molar-refractivity contribution in [1.82, 2.24) is 20.4 Å². The van der Waals surface area contributed by atoms with Gasteiger partial charge in [0.2, 0.25) is 5.89 Å². The van der Waals surface area contributed by atoms with Crippen LogP contribution in [0.3, 0.4) is 0 Å². The van der Waals surface area contributed by atoms with E-state index in [4.69, 9.17) is 14.0 Å². The van der Waals surface area contributed by atoms with Gasteiger partial charge in [0, 0.05) is 26.1 Å². The summed E-state index contributed by atoms with van der Waals surface area (Å²) in [6.45, 7) is 6.04. The number of piperidine rings is 1. The fraction of sp³-hybridized carbons (Fsp3) is 0.556. The van der Waals surface area contributed by atoms with Crippen LogP contribution in [0.2, 0.25) is 0 Å². The molecule has 0 bridgehead atoms. The zero-order valence-electron chi connectivity index (χ0n) is 14.9. The maximum absolute atomic E-state index is 5.81. The molecule has 1 N–H and O–H groups in total. The molecule has 0 radical (unpaired) electrons. The summed E-state index contributed by atoms with van der Waals surface area (Å²) in [5, 5.41) is 7.56. The fourth-order valence-electron chi connectivity index (χ4n) is 3.13. The van der Waals surface area contributed by atoms with E-state index in [1.165, 1.54) is 12.8 Å². The summed E-state index contributed by atoms with van der Waals surface area (Å²) in [6, 6.07) is 8.17. The molecule has 1 aromatic heterocycles. The molecule has 2 heterocycles. The predicted octanol–water partition coefficient (Wildman–Crippen LogP) is 2.02. The van der Waals surface area contributed by atoms with Crippen LogP contribution < -0.4 is 14.8 Å². The number of aryl methyl sites for hydroxylation is 1. The summed E-state index contributed by atoms with van der Waals surface area (Å²) >= 11 is 0. The lowest BCUT2D eigenvalue weighted by Crippen LogP contribution is -2.46. The van der Waals surface area contributed by atoms with Crippen LogP contribution in [-0.4, -0.2) is 54.4 Å². The maximum Gasteiger partial charge on any atom is 0.223 e. The SMILES string of the molecule is COc1ccccc1OCCNC1CCCN(Cc2noc(C)n2)C1. The van der Waals surface area contributed by atoms with Crippen LogP contribution in [0.1, 0.15) is 24.6 Å². The standard InChI is InChI=1S/C18H26N4O3/c1-14-20-18(21-25-14)13-22-10-5-6-15(12-22)19-9-11-24-17-8-4-3-7-16(17)23-2/h3-4,7-8,15,19H,5-6,9-13H2,1-2H3. The summed E-state index contributed by atoms with van der Waals surface area (Å²) in [7, 11) is 1.66. The lowest BCUT2D eigenvalue weighted by Gasteiger charge is -2.32. The van der Waals surface area contributed by atoms with Crippen LogP contribution in [0, 0.1) is 6.92 Å². The van der Waals surface area contributed by atoms with Crippen molar-refractivity contribution in [2.45, 2.75) is 32.4 Å². The molecule has 0 aliphatic carbocycles. The third kappa shape index (κ3) is 5.17. The second kappa shape index (κ2) is 8.82. The predicted molar refractivity (Wildman–Crippen MR) is 93.8 cm³/mol. The number of nitrogens with one attached hydrogen (secondary N) is 1. The second-order valence-corrected chi connectivity index (χ2v) is 6.26. The summed E-state index contributed by atoms with van der Waals surface area (Å²) < 4.78 is 16.1. The van der Waals surface area contributed by atoms with E-state index in [0.717, 1.165) is 43.5 Å². The minimum atomic E-state index is 0.461. The van der Waals surface area contributed by atoms with E-state index in [0.29, 0.717) is 18.5 Å². The van der Waals surface area contributed by atoms with E-state index in [1.54, 1.807) is 7.11 Å². The highest BCUT2D eigenvalue weighted by atomic mass is 16.5. The lowest BCUT2D eigenvalue weighted by molar-refractivity contribution is 0.173. The Kier molecular flexibility index (Phi) is 6.25. The minimum Gasteiger partial charge on any atom is -0.493 e. The van der Waals surface area contributed by atoms with Gasteiger partial charge in [-0.15, -0.1) is 0 Å². The molecule has 1 aromatic carbocycles. The van der Waals surface area contributed by atoms with E-state index >= 15 is 0 Å². The molecule has 3 rings (SSSR count). The molecule has 1 fully saturated rings. The molecule has 136 valence electrons. The van der Waals surface area contributed by atoms with Crippen molar-refractivity contribution in [3.05, 3.63) is 36.0 Å². The maximum atomic E-state index is 5.81. The van der Waals surface area contributed by atoms with Gasteiger partial charge in [-0.05, 0) is 31.5 Å². The number of ether oxygens (including phenoxy) is 2. The number of para-hydroxylation sites is 2. The van der Waals surface area contributed by atoms with E-state index in [2.05, 4.69) is 20.4 Å². The van der Waals surface area contributed by atoms with Gasteiger partial charge in [-0.3, -0.25) is 4.90 Å². The Hall–Kier alpha value is -2.12. The molecule has 1 aliphatic rings. The van der Waals surface area contributed by atoms with Crippen molar-refractivity contribution in [2.75, 3.05) is 33.4 Å². The molecular weight excluding hydrogens is 320 g/mol. The van der Waals surface area contributed by atoms with Gasteiger partial charge in [0.25, 0.3) is 0 Å². The first-order valence-corrected chi connectivity index (χ1v) is 8.75. The van der Waals surface area contributed by atoms with Gasteiger partial charge in [-0.2, -0.15) is 4.98 Å². The Bertz CT molecular complexity index is 661. The van der Waals surface area contributed by atoms with Crippen LogP contribution in [0.25, 0.3) is 0 Å². The van der Waals surface area contributed by atoms with Crippen LogP contribution in [0.15, 0.2) is 28.8 Å². The highest BCUT2D eigenvalue weighted by molar-refractivity contribution is 5.39. The topological polar surface area (TPSA) is 72.7 Å². The van der Waals surface area contributed by atoms with Gasteiger partial charge < -0.3 is 19.3 Å². The Morgan fingerprint density at radius 1 is 1.32 bits per heavy atom. The Balaban J connectivity index is 1.39. The van der Waals surface area contributed by atoms with Crippen molar-refractivity contribution in [1.29, 1.82) is 0 Å². The summed E-state index contributed by atoms with van der Waals surface area (Å²) in [4.78, 5) is 6.65. The normalized spacial score (nSPS) is 18.2. The fourth-order valence-corrected chi connectivity index (χ4v) is 3.13. The summed E-state index contributed by atoms with van der Waals surface area (Å²) in [6.07, 6.45) is 2.35. The smallest absolute Gasteiger partial charge is 0.223 e. The minimum absolute atomic E-state index is 0.461. The zero-order valence-corrected chi connectivity index (χ0v) is 14.9. The number of aromatic nitrogens is 2. The quantitative estimate of drug-likeness (QED) is 0.733. The van der Waals surface area contributed by atoms with Gasteiger partial charge >= 0.3 is 0 Å². The largest absolute Gasteiger partial charge is 0.493 e. The number of hydrogen-bond acceptors (Lipinski definition) is 7. The number of benzene rings is 1. The van der Waals surface area contributed by atoms with Crippen molar-refractivity contribution >= 4 is 0 Å². The van der Waals surface area contributed by atoms with Crippen molar-refractivity contribution < 1.29 is 14.0 Å². The molecular formula is C18H26N4O3. The molecule has 25 heavy (non-hydrogen) atoms. The molecule has 1 aliphatic heterocycles. The van der Waals surface area contributed by atoms with Crippen LogP contribution >= 0.6 is 0 Å². The third-order valence-electron chi connectivity index (χ3n) is 4.30. The molecule has 2 aromatic rings. The zero-order chi connectivity index (χ0) is 17.5. The van der Waals surface area contributed by atoms with E-state index in [9.17, 15) is 0 Å². The van der Waals surface area contributed by atoms with Gasteiger partial charge in [-0.1, -0.05) is 17.3 Å². The first-order chi connectivity index (χ1) is 12.2. The number of hydrogen-bond donors (Lipinski definition) is 1. The lowest BCUT2D eigenvalue weighted by atomic mass is 10.1. The molecule has 7 heteroatoms. The van der Waals surface area contributed by atoms with Crippen molar-refractivity contribution in [2.24, 2.45) is 0 Å². The Labute approximate surface area is 148 Å². The molecule has 0 amide bonds. The summed E-state index contributed by atoms with van der Waals surface area (Å²) in [5.74, 6) is 2.93. The summed E-state index contributed by atoms with van der Waals surface area (Å²) in [5.41, 5.74) is 0. The molecule has 1 saturated heterocycles. The second-order valence-electron chi connectivity index (χ2n) is 6.26. The number of rotatable bonds is 8. The van der Waals surface area contributed by atoms with Gasteiger partial charge in [0.15, 0.2) is 17.3 Å². The Morgan fingerprint density at radius 3 is 2.92 bits per heavy atom. The van der Waals surface area contributed by atoms with Crippen molar-refractivity contribution in [3.8, 4) is 11.5 Å². The molecule has 1 unspecified atom stereocenters. The molecule has 0 saturated carbocycles. The first kappa shape index (κ1) is 17.7. The average Bonchev–Trinajstić information content (AvgIpc) is 3.04. The van der Waals surface area contributed by atoms with E-state index < -0.39 is 0 Å². The van der Waals surface area contributed by atoms with Crippen LogP contribution in [0.5, 0.6) is 11.5 Å². The van der Waals surface area contributed by atoms with Crippen molar-refractivity contribution in [3.63, 3.8) is 0 Å². The third-order valence-corrected chi connectivity index (χ3v) is 4.30. The number of methoxy groups -OCH3 is 1. The van der Waals surface area contributed by atoms with Crippen LogP contribution in [-0.2, 0) is 6.54 Å². The Morgan fingerprint density at radius 2 is 2.16 bits per heavy atom. The number of likely N-dealkylation sites (tertiary alicyclic amines) is 1. The van der Waals surface area contributed by atoms with E-state index in [-0.39, 0.29) is 0 Å². The first-order valence-electron chi connectivity index (χ1n) is 8.75. The monoisotopic (exact) mass is 346 g/mol. The molecule has 7 nitrogen and oxygen atoms in total. The van der Waals surface area contributed by atoms with E-state index in [1.807, 2.05) is 31.2 Å². The highest BCUT2D eigenvalue weighted by Crippen LogP contribution is 2.25. The molecule has 0 spiro atoms.